The van der Waals surface area contributed by atoms with E-state index in [9.17, 15) is 0 Å². The zero-order chi connectivity index (χ0) is 9.68. The van der Waals surface area contributed by atoms with Gasteiger partial charge in [0.25, 0.3) is 0 Å². The molecule has 0 atom stereocenters. The fourth-order valence-electron chi connectivity index (χ4n) is 2.38. The third kappa shape index (κ3) is 2.86. The largest absolute Gasteiger partial charge is 0.0707 e. The average molecular weight is 179 g/mol. The first-order valence-electron chi connectivity index (χ1n) is 5.83. The first-order chi connectivity index (χ1) is 6.29. The SMILES string of the molecule is CC[C](CC)C(C)=C1CCCCC1. The van der Waals surface area contributed by atoms with Gasteiger partial charge in [0.1, 0.15) is 0 Å². The van der Waals surface area contributed by atoms with Crippen LogP contribution in [0.3, 0.4) is 0 Å². The maximum absolute atomic E-state index is 2.34. The number of hydrogen-bond donors (Lipinski definition) is 0. The predicted octanol–water partition coefficient (Wildman–Crippen LogP) is 4.66. The van der Waals surface area contributed by atoms with Gasteiger partial charge in [-0.15, -0.1) is 0 Å². The molecular formula is C13H23. The van der Waals surface area contributed by atoms with E-state index in [1.807, 2.05) is 0 Å². The van der Waals surface area contributed by atoms with Crippen molar-refractivity contribution in [3.05, 3.63) is 17.1 Å². The van der Waals surface area contributed by atoms with E-state index in [0.717, 1.165) is 0 Å². The van der Waals surface area contributed by atoms with Crippen LogP contribution in [0.15, 0.2) is 11.1 Å². The van der Waals surface area contributed by atoms with E-state index in [1.165, 1.54) is 44.9 Å². The van der Waals surface area contributed by atoms with Gasteiger partial charge in [0.2, 0.25) is 0 Å². The molecule has 1 fully saturated rings. The van der Waals surface area contributed by atoms with E-state index >= 15 is 0 Å². The molecule has 0 aromatic rings. The number of hydrogen-bond acceptors (Lipinski definition) is 0. The van der Waals surface area contributed by atoms with Crippen LogP contribution in [0, 0.1) is 5.92 Å². The van der Waals surface area contributed by atoms with Crippen molar-refractivity contribution in [3.63, 3.8) is 0 Å². The second-order valence-electron chi connectivity index (χ2n) is 4.10. The highest BCUT2D eigenvalue weighted by Gasteiger charge is 2.13. The van der Waals surface area contributed by atoms with Crippen LogP contribution in [0.25, 0.3) is 0 Å². The Morgan fingerprint density at radius 1 is 1.00 bits per heavy atom. The Balaban J connectivity index is 2.63. The summed E-state index contributed by atoms with van der Waals surface area (Å²) in [6.07, 6.45) is 9.52. The molecule has 0 bridgehead atoms. The highest BCUT2D eigenvalue weighted by atomic mass is 14.2. The van der Waals surface area contributed by atoms with Crippen molar-refractivity contribution < 1.29 is 0 Å². The summed E-state index contributed by atoms with van der Waals surface area (Å²) in [6.45, 7) is 6.90. The minimum atomic E-state index is 1.24. The van der Waals surface area contributed by atoms with Gasteiger partial charge in [0, 0.05) is 0 Å². The molecule has 0 spiro atoms. The number of rotatable bonds is 3. The molecule has 0 saturated heterocycles. The summed E-state index contributed by atoms with van der Waals surface area (Å²) < 4.78 is 0. The summed E-state index contributed by atoms with van der Waals surface area (Å²) in [5.74, 6) is 1.68. The molecule has 0 nitrogen and oxygen atoms in total. The molecule has 0 aliphatic heterocycles. The standard InChI is InChI=1S/C13H23/c1-4-12(5-2)11(3)13-9-7-6-8-10-13/h4-10H2,1-3H3. The summed E-state index contributed by atoms with van der Waals surface area (Å²) in [5, 5.41) is 0. The van der Waals surface area contributed by atoms with Gasteiger partial charge < -0.3 is 0 Å². The summed E-state index contributed by atoms with van der Waals surface area (Å²) >= 11 is 0. The maximum Gasteiger partial charge on any atom is -0.00000748 e. The minimum Gasteiger partial charge on any atom is -0.0707 e. The molecule has 1 rings (SSSR count). The van der Waals surface area contributed by atoms with Crippen LogP contribution in [0.2, 0.25) is 0 Å². The van der Waals surface area contributed by atoms with E-state index in [0.29, 0.717) is 0 Å². The Labute approximate surface area is 83.4 Å². The van der Waals surface area contributed by atoms with E-state index < -0.39 is 0 Å². The monoisotopic (exact) mass is 179 g/mol. The molecule has 0 aromatic carbocycles. The van der Waals surface area contributed by atoms with Gasteiger partial charge in [-0.05, 0) is 51.4 Å². The molecule has 1 aliphatic rings. The van der Waals surface area contributed by atoms with Crippen LogP contribution in [0.1, 0.15) is 65.7 Å². The zero-order valence-corrected chi connectivity index (χ0v) is 9.45. The van der Waals surface area contributed by atoms with Crippen molar-refractivity contribution in [3.8, 4) is 0 Å². The van der Waals surface area contributed by atoms with Gasteiger partial charge in [-0.2, -0.15) is 0 Å². The lowest BCUT2D eigenvalue weighted by atomic mass is 9.84. The topological polar surface area (TPSA) is 0 Å². The van der Waals surface area contributed by atoms with Crippen molar-refractivity contribution in [2.24, 2.45) is 0 Å². The van der Waals surface area contributed by atoms with Gasteiger partial charge in [0.05, 0.1) is 0 Å². The number of allylic oxidation sites excluding steroid dienone is 2. The van der Waals surface area contributed by atoms with Crippen LogP contribution in [0.5, 0.6) is 0 Å². The first-order valence-corrected chi connectivity index (χ1v) is 5.83. The third-order valence-electron chi connectivity index (χ3n) is 3.37. The van der Waals surface area contributed by atoms with Crippen LogP contribution in [-0.4, -0.2) is 0 Å². The highest BCUT2D eigenvalue weighted by molar-refractivity contribution is 5.28. The Morgan fingerprint density at radius 2 is 1.54 bits per heavy atom. The molecule has 13 heavy (non-hydrogen) atoms. The molecule has 0 heteroatoms. The molecule has 75 valence electrons. The molecule has 1 radical (unpaired) electrons. The van der Waals surface area contributed by atoms with E-state index in [-0.39, 0.29) is 0 Å². The second-order valence-corrected chi connectivity index (χ2v) is 4.10. The molecular weight excluding hydrogens is 156 g/mol. The third-order valence-corrected chi connectivity index (χ3v) is 3.37. The Hall–Kier alpha value is -0.260. The lowest BCUT2D eigenvalue weighted by Crippen LogP contribution is -2.03. The van der Waals surface area contributed by atoms with Crippen LogP contribution in [-0.2, 0) is 0 Å². The van der Waals surface area contributed by atoms with E-state index in [1.54, 1.807) is 17.1 Å². The zero-order valence-electron chi connectivity index (χ0n) is 9.45. The molecule has 0 aromatic heterocycles. The van der Waals surface area contributed by atoms with Gasteiger partial charge in [0.15, 0.2) is 0 Å². The fourth-order valence-corrected chi connectivity index (χ4v) is 2.38. The molecule has 1 saturated carbocycles. The highest BCUT2D eigenvalue weighted by Crippen LogP contribution is 2.32. The predicted molar refractivity (Wildman–Crippen MR) is 59.6 cm³/mol. The van der Waals surface area contributed by atoms with Gasteiger partial charge in [-0.25, -0.2) is 0 Å². The minimum absolute atomic E-state index is 1.24. The maximum atomic E-state index is 2.34. The first kappa shape index (κ1) is 10.8. The lowest BCUT2D eigenvalue weighted by Gasteiger charge is -2.21. The fraction of sp³-hybridized carbons (Fsp3) is 0.769. The summed E-state index contributed by atoms with van der Waals surface area (Å²) in [6, 6.07) is 0. The normalized spacial score (nSPS) is 18.0. The smallest absolute Gasteiger partial charge is 0.00000748 e. The van der Waals surface area contributed by atoms with Crippen LogP contribution < -0.4 is 0 Å². The van der Waals surface area contributed by atoms with Crippen molar-refractivity contribution >= 4 is 0 Å². The Bertz CT molecular complexity index is 164. The quantitative estimate of drug-likeness (QED) is 0.591. The Morgan fingerprint density at radius 3 is 2.00 bits per heavy atom. The van der Waals surface area contributed by atoms with Gasteiger partial charge in [-0.1, -0.05) is 31.4 Å². The summed E-state index contributed by atoms with van der Waals surface area (Å²) in [5.41, 5.74) is 3.40. The van der Waals surface area contributed by atoms with Crippen LogP contribution >= 0.6 is 0 Å². The molecule has 0 unspecified atom stereocenters. The molecule has 0 N–H and O–H groups in total. The lowest BCUT2D eigenvalue weighted by molar-refractivity contribution is 0.589. The van der Waals surface area contributed by atoms with Gasteiger partial charge in [-0.3, -0.25) is 0 Å². The van der Waals surface area contributed by atoms with Crippen LogP contribution in [0.4, 0.5) is 0 Å². The van der Waals surface area contributed by atoms with E-state index in [2.05, 4.69) is 20.8 Å². The summed E-state index contributed by atoms with van der Waals surface area (Å²) in [7, 11) is 0. The molecule has 1 aliphatic carbocycles. The van der Waals surface area contributed by atoms with Gasteiger partial charge >= 0.3 is 0 Å². The van der Waals surface area contributed by atoms with Crippen molar-refractivity contribution in [2.45, 2.75) is 65.7 Å². The Kier molecular flexibility index (Phi) is 4.55. The van der Waals surface area contributed by atoms with Crippen molar-refractivity contribution in [1.29, 1.82) is 0 Å². The molecule has 0 heterocycles. The average Bonchev–Trinajstić information content (AvgIpc) is 2.21. The van der Waals surface area contributed by atoms with E-state index in [4.69, 9.17) is 0 Å². The molecule has 0 amide bonds. The second kappa shape index (κ2) is 5.47. The van der Waals surface area contributed by atoms with Crippen molar-refractivity contribution in [1.82, 2.24) is 0 Å². The van der Waals surface area contributed by atoms with Crippen molar-refractivity contribution in [2.75, 3.05) is 0 Å². The summed E-state index contributed by atoms with van der Waals surface area (Å²) in [4.78, 5) is 0.